The van der Waals surface area contributed by atoms with Crippen molar-refractivity contribution in [3.05, 3.63) is 65.2 Å². The van der Waals surface area contributed by atoms with Crippen molar-refractivity contribution < 1.29 is 18.6 Å². The lowest BCUT2D eigenvalue weighted by atomic mass is 10.1. The lowest BCUT2D eigenvalue weighted by molar-refractivity contribution is 0.104. The molecule has 2 rings (SSSR count). The molecular formula is C15H11F2NO2. The van der Waals surface area contributed by atoms with Crippen molar-refractivity contribution in [2.24, 2.45) is 0 Å². The molecule has 1 atom stereocenters. The van der Waals surface area contributed by atoms with Gasteiger partial charge >= 0.3 is 0 Å². The summed E-state index contributed by atoms with van der Waals surface area (Å²) in [4.78, 5) is 0. The van der Waals surface area contributed by atoms with Crippen LogP contribution >= 0.6 is 0 Å². The molecule has 0 aliphatic rings. The predicted molar refractivity (Wildman–Crippen MR) is 68.0 cm³/mol. The molecule has 102 valence electrons. The van der Waals surface area contributed by atoms with E-state index in [1.54, 1.807) is 12.1 Å². The molecule has 0 fully saturated rings. The predicted octanol–water partition coefficient (Wildman–Crippen LogP) is 2.95. The first kappa shape index (κ1) is 14.0. The molecule has 0 bridgehead atoms. The summed E-state index contributed by atoms with van der Waals surface area (Å²) in [7, 11) is 0. The summed E-state index contributed by atoms with van der Waals surface area (Å²) in [5.41, 5.74) is -0.157. The van der Waals surface area contributed by atoms with E-state index >= 15 is 0 Å². The Morgan fingerprint density at radius 1 is 1.10 bits per heavy atom. The number of hydrogen-bond acceptors (Lipinski definition) is 3. The van der Waals surface area contributed by atoms with Crippen LogP contribution < -0.4 is 4.74 Å². The van der Waals surface area contributed by atoms with Crippen molar-refractivity contribution in [3.8, 4) is 11.8 Å². The number of nitriles is 1. The Kier molecular flexibility index (Phi) is 4.28. The van der Waals surface area contributed by atoms with Crippen LogP contribution in [0.2, 0.25) is 0 Å². The third kappa shape index (κ3) is 2.92. The number of aliphatic hydroxyl groups is 1. The highest BCUT2D eigenvalue weighted by molar-refractivity contribution is 5.43. The van der Waals surface area contributed by atoms with Crippen LogP contribution in [-0.4, -0.2) is 11.7 Å². The molecule has 0 aliphatic carbocycles. The number of benzene rings is 2. The molecule has 5 heteroatoms. The minimum absolute atomic E-state index is 0.0166. The van der Waals surface area contributed by atoms with E-state index in [1.807, 2.05) is 0 Å². The minimum Gasteiger partial charge on any atom is -0.489 e. The Bertz CT molecular complexity index is 653. The van der Waals surface area contributed by atoms with Gasteiger partial charge in [0.25, 0.3) is 0 Å². The lowest BCUT2D eigenvalue weighted by Crippen LogP contribution is -2.12. The first-order chi connectivity index (χ1) is 9.63. The molecule has 2 aromatic carbocycles. The van der Waals surface area contributed by atoms with Crippen molar-refractivity contribution >= 4 is 0 Å². The van der Waals surface area contributed by atoms with Crippen LogP contribution in [0.3, 0.4) is 0 Å². The molecule has 0 saturated heterocycles. The van der Waals surface area contributed by atoms with Gasteiger partial charge in [0.1, 0.15) is 41.7 Å². The molecule has 1 N–H and O–H groups in total. The first-order valence-electron chi connectivity index (χ1n) is 5.87. The summed E-state index contributed by atoms with van der Waals surface area (Å²) in [5.74, 6) is -1.24. The highest BCUT2D eigenvalue weighted by Gasteiger charge is 2.15. The Hall–Kier alpha value is -2.45. The Balaban J connectivity index is 2.12. The molecule has 0 amide bonds. The monoisotopic (exact) mass is 275 g/mol. The van der Waals surface area contributed by atoms with E-state index in [9.17, 15) is 13.9 Å². The van der Waals surface area contributed by atoms with Gasteiger partial charge in [-0.15, -0.1) is 0 Å². The topological polar surface area (TPSA) is 53.2 Å². The second-order valence-electron chi connectivity index (χ2n) is 4.07. The highest BCUT2D eigenvalue weighted by Crippen LogP contribution is 2.23. The van der Waals surface area contributed by atoms with E-state index in [4.69, 9.17) is 10.00 Å². The number of rotatable bonds is 4. The van der Waals surface area contributed by atoms with E-state index in [0.29, 0.717) is 0 Å². The molecule has 2 aromatic rings. The Labute approximate surface area is 114 Å². The van der Waals surface area contributed by atoms with Crippen molar-refractivity contribution in [3.63, 3.8) is 0 Å². The average Bonchev–Trinajstić information content (AvgIpc) is 2.45. The zero-order valence-electron chi connectivity index (χ0n) is 10.4. The fourth-order valence-electron chi connectivity index (χ4n) is 1.74. The zero-order valence-corrected chi connectivity index (χ0v) is 10.4. The maximum absolute atomic E-state index is 13.4. The SMILES string of the molecule is N#Cc1c(F)cccc1OCC(O)c1ccccc1F. The average molecular weight is 275 g/mol. The van der Waals surface area contributed by atoms with E-state index in [2.05, 4.69) is 0 Å². The minimum atomic E-state index is -1.20. The van der Waals surface area contributed by atoms with Gasteiger partial charge in [0.05, 0.1) is 0 Å². The van der Waals surface area contributed by atoms with Crippen molar-refractivity contribution in [1.82, 2.24) is 0 Å². The summed E-state index contributed by atoms with van der Waals surface area (Å²) in [6, 6.07) is 11.4. The number of nitrogens with zero attached hydrogens (tertiary/aromatic N) is 1. The number of aliphatic hydroxyl groups excluding tert-OH is 1. The van der Waals surface area contributed by atoms with E-state index < -0.39 is 17.7 Å². The third-order valence-electron chi connectivity index (χ3n) is 2.75. The molecule has 0 aromatic heterocycles. The largest absolute Gasteiger partial charge is 0.489 e. The highest BCUT2D eigenvalue weighted by atomic mass is 19.1. The van der Waals surface area contributed by atoms with Gasteiger partial charge in [0.15, 0.2) is 0 Å². The van der Waals surface area contributed by atoms with Crippen LogP contribution in [0.15, 0.2) is 42.5 Å². The Morgan fingerprint density at radius 2 is 1.80 bits per heavy atom. The van der Waals surface area contributed by atoms with Crippen LogP contribution in [0.5, 0.6) is 5.75 Å². The summed E-state index contributed by atoms with van der Waals surface area (Å²) in [6.07, 6.45) is -1.20. The van der Waals surface area contributed by atoms with Gasteiger partial charge in [-0.25, -0.2) is 8.78 Å². The van der Waals surface area contributed by atoms with Gasteiger partial charge in [0.2, 0.25) is 0 Å². The molecule has 0 spiro atoms. The second kappa shape index (κ2) is 6.13. The number of halogens is 2. The van der Waals surface area contributed by atoms with Crippen LogP contribution in [0.1, 0.15) is 17.2 Å². The van der Waals surface area contributed by atoms with Crippen molar-refractivity contribution in [2.45, 2.75) is 6.10 Å². The number of hydrogen-bond donors (Lipinski definition) is 1. The van der Waals surface area contributed by atoms with Crippen LogP contribution in [-0.2, 0) is 0 Å². The first-order valence-corrected chi connectivity index (χ1v) is 5.87. The quantitative estimate of drug-likeness (QED) is 0.933. The van der Waals surface area contributed by atoms with Gasteiger partial charge in [-0.2, -0.15) is 5.26 Å². The van der Waals surface area contributed by atoms with Gasteiger partial charge in [0, 0.05) is 5.56 Å². The molecular weight excluding hydrogens is 264 g/mol. The summed E-state index contributed by atoms with van der Waals surface area (Å²) < 4.78 is 32.0. The number of ether oxygens (including phenoxy) is 1. The smallest absolute Gasteiger partial charge is 0.144 e. The van der Waals surface area contributed by atoms with Gasteiger partial charge < -0.3 is 9.84 Å². The van der Waals surface area contributed by atoms with Crippen LogP contribution in [0.4, 0.5) is 8.78 Å². The fourth-order valence-corrected chi connectivity index (χ4v) is 1.74. The standard InChI is InChI=1S/C15H11F2NO2/c16-12-5-2-1-4-10(12)14(19)9-20-15-7-3-6-13(17)11(15)8-18/h1-7,14,19H,9H2. The molecule has 0 saturated carbocycles. The summed E-state index contributed by atoms with van der Waals surface area (Å²) in [6.45, 7) is -0.279. The fraction of sp³-hybridized carbons (Fsp3) is 0.133. The van der Waals surface area contributed by atoms with Crippen molar-refractivity contribution in [2.75, 3.05) is 6.61 Å². The zero-order chi connectivity index (χ0) is 14.5. The maximum atomic E-state index is 13.4. The molecule has 3 nitrogen and oxygen atoms in total. The van der Waals surface area contributed by atoms with Gasteiger partial charge in [-0.1, -0.05) is 24.3 Å². The van der Waals surface area contributed by atoms with E-state index in [-0.39, 0.29) is 23.5 Å². The normalized spacial score (nSPS) is 11.7. The van der Waals surface area contributed by atoms with E-state index in [1.165, 1.54) is 30.3 Å². The van der Waals surface area contributed by atoms with Crippen LogP contribution in [0, 0.1) is 23.0 Å². The van der Waals surface area contributed by atoms with Gasteiger partial charge in [-0.3, -0.25) is 0 Å². The second-order valence-corrected chi connectivity index (χ2v) is 4.07. The lowest BCUT2D eigenvalue weighted by Gasteiger charge is -2.14. The molecule has 1 unspecified atom stereocenters. The molecule has 0 heterocycles. The maximum Gasteiger partial charge on any atom is 0.144 e. The summed E-state index contributed by atoms with van der Waals surface area (Å²) in [5, 5.41) is 18.7. The van der Waals surface area contributed by atoms with E-state index in [0.717, 1.165) is 6.07 Å². The van der Waals surface area contributed by atoms with Crippen molar-refractivity contribution in [1.29, 1.82) is 5.26 Å². The van der Waals surface area contributed by atoms with Crippen LogP contribution in [0.25, 0.3) is 0 Å². The molecule has 0 aliphatic heterocycles. The van der Waals surface area contributed by atoms with Gasteiger partial charge in [-0.05, 0) is 18.2 Å². The molecule has 0 radical (unpaired) electrons. The summed E-state index contributed by atoms with van der Waals surface area (Å²) >= 11 is 0. The third-order valence-corrected chi connectivity index (χ3v) is 2.75. The molecule has 20 heavy (non-hydrogen) atoms. The Morgan fingerprint density at radius 3 is 2.50 bits per heavy atom.